The Morgan fingerprint density at radius 3 is 2.56 bits per heavy atom. The number of rotatable bonds is 5. The first-order valence-corrected chi connectivity index (χ1v) is 7.81. The number of nitrogens with one attached hydrogen (secondary N) is 1. The maximum Gasteiger partial charge on any atom is 0.341 e. The van der Waals surface area contributed by atoms with E-state index < -0.39 is 23.8 Å². The third kappa shape index (κ3) is 4.70. The summed E-state index contributed by atoms with van der Waals surface area (Å²) in [7, 11) is 1.39. The monoisotopic (exact) mass is 365 g/mol. The van der Waals surface area contributed by atoms with E-state index in [1.165, 1.54) is 26.2 Å². The molecule has 0 fully saturated rings. The Labute approximate surface area is 149 Å². The predicted octanol–water partition coefficient (Wildman–Crippen LogP) is 3.98. The van der Waals surface area contributed by atoms with Gasteiger partial charge in [0.1, 0.15) is 11.6 Å². The molecule has 2 rings (SSSR count). The van der Waals surface area contributed by atoms with Crippen molar-refractivity contribution < 1.29 is 23.5 Å². The van der Waals surface area contributed by atoms with Gasteiger partial charge in [-0.05, 0) is 43.7 Å². The van der Waals surface area contributed by atoms with E-state index in [0.717, 1.165) is 11.6 Å². The van der Waals surface area contributed by atoms with Crippen molar-refractivity contribution in [1.82, 2.24) is 0 Å². The number of esters is 1. The molecule has 7 heteroatoms. The van der Waals surface area contributed by atoms with Crippen LogP contribution >= 0.6 is 11.6 Å². The van der Waals surface area contributed by atoms with Gasteiger partial charge < -0.3 is 14.8 Å². The molecule has 5 nitrogen and oxygen atoms in total. The van der Waals surface area contributed by atoms with Gasteiger partial charge in [0.25, 0.3) is 5.91 Å². The van der Waals surface area contributed by atoms with Gasteiger partial charge in [-0.1, -0.05) is 17.7 Å². The second-order valence-electron chi connectivity index (χ2n) is 5.34. The fourth-order valence-corrected chi connectivity index (χ4v) is 2.20. The molecule has 0 aliphatic rings. The Morgan fingerprint density at radius 1 is 1.20 bits per heavy atom. The molecule has 2 aromatic carbocycles. The molecule has 25 heavy (non-hydrogen) atoms. The van der Waals surface area contributed by atoms with Crippen molar-refractivity contribution in [2.45, 2.75) is 20.0 Å². The van der Waals surface area contributed by atoms with Crippen LogP contribution in [0.1, 0.15) is 22.8 Å². The lowest BCUT2D eigenvalue weighted by Crippen LogP contribution is -2.30. The summed E-state index contributed by atoms with van der Waals surface area (Å²) in [6.07, 6.45) is -1.12. The SMILES string of the molecule is COc1ccc(C(=O)O[C@H](C)C(=O)Nc2cc(Cl)ccc2C)c(F)c1. The maximum atomic E-state index is 13.9. The molecule has 0 unspecified atom stereocenters. The van der Waals surface area contributed by atoms with Crippen LogP contribution in [0.2, 0.25) is 5.02 Å². The summed E-state index contributed by atoms with van der Waals surface area (Å²) in [5.74, 6) is -2.00. The number of anilines is 1. The van der Waals surface area contributed by atoms with Crippen molar-refractivity contribution in [2.24, 2.45) is 0 Å². The maximum absolute atomic E-state index is 13.9. The van der Waals surface area contributed by atoms with Crippen LogP contribution < -0.4 is 10.1 Å². The summed E-state index contributed by atoms with van der Waals surface area (Å²) in [4.78, 5) is 24.2. The number of carbonyl (C=O) groups excluding carboxylic acids is 2. The number of carbonyl (C=O) groups is 2. The number of amides is 1. The molecule has 0 heterocycles. The van der Waals surface area contributed by atoms with Gasteiger partial charge in [-0.3, -0.25) is 4.79 Å². The van der Waals surface area contributed by atoms with Gasteiger partial charge in [0.15, 0.2) is 6.10 Å². The Kier molecular flexibility index (Phi) is 5.98. The summed E-state index contributed by atoms with van der Waals surface area (Å²) in [6.45, 7) is 3.20. The van der Waals surface area contributed by atoms with Crippen LogP contribution in [-0.4, -0.2) is 25.1 Å². The summed E-state index contributed by atoms with van der Waals surface area (Å²) in [5, 5.41) is 3.09. The van der Waals surface area contributed by atoms with Gasteiger partial charge in [-0.25, -0.2) is 9.18 Å². The topological polar surface area (TPSA) is 64.6 Å². The first kappa shape index (κ1) is 18.7. The lowest BCUT2D eigenvalue weighted by atomic mass is 10.2. The van der Waals surface area contributed by atoms with Gasteiger partial charge in [0, 0.05) is 16.8 Å². The minimum atomic E-state index is -1.12. The Balaban J connectivity index is 2.05. The van der Waals surface area contributed by atoms with Crippen molar-refractivity contribution in [2.75, 3.05) is 12.4 Å². The quantitative estimate of drug-likeness (QED) is 0.814. The summed E-state index contributed by atoms with van der Waals surface area (Å²) in [6, 6.07) is 8.77. The fourth-order valence-electron chi connectivity index (χ4n) is 2.03. The van der Waals surface area contributed by atoms with E-state index in [1.807, 2.05) is 0 Å². The van der Waals surface area contributed by atoms with Gasteiger partial charge in [-0.2, -0.15) is 0 Å². The normalized spacial score (nSPS) is 11.6. The molecule has 0 aliphatic carbocycles. The molecule has 1 atom stereocenters. The molecule has 0 radical (unpaired) electrons. The van der Waals surface area contributed by atoms with Gasteiger partial charge >= 0.3 is 5.97 Å². The van der Waals surface area contributed by atoms with Crippen molar-refractivity contribution in [3.8, 4) is 5.75 Å². The number of ether oxygens (including phenoxy) is 2. The van der Waals surface area contributed by atoms with Crippen LogP contribution in [0.3, 0.4) is 0 Å². The number of aryl methyl sites for hydroxylation is 1. The molecule has 2 aromatic rings. The van der Waals surface area contributed by atoms with E-state index in [-0.39, 0.29) is 11.3 Å². The van der Waals surface area contributed by atoms with Crippen LogP contribution in [0, 0.1) is 12.7 Å². The zero-order valence-electron chi connectivity index (χ0n) is 13.9. The highest BCUT2D eigenvalue weighted by molar-refractivity contribution is 6.31. The lowest BCUT2D eigenvalue weighted by molar-refractivity contribution is -0.123. The van der Waals surface area contributed by atoms with Crippen LogP contribution in [-0.2, 0) is 9.53 Å². The van der Waals surface area contributed by atoms with E-state index in [4.69, 9.17) is 21.1 Å². The Hall–Kier alpha value is -2.60. The van der Waals surface area contributed by atoms with Crippen LogP contribution in [0.4, 0.5) is 10.1 Å². The minimum Gasteiger partial charge on any atom is -0.497 e. The zero-order valence-corrected chi connectivity index (χ0v) is 14.7. The minimum absolute atomic E-state index is 0.274. The number of halogens is 2. The first-order chi connectivity index (χ1) is 11.8. The summed E-state index contributed by atoms with van der Waals surface area (Å²) >= 11 is 5.90. The Bertz CT molecular complexity index is 810. The highest BCUT2D eigenvalue weighted by Gasteiger charge is 2.22. The summed E-state index contributed by atoms with van der Waals surface area (Å²) < 4.78 is 23.8. The number of hydrogen-bond acceptors (Lipinski definition) is 4. The van der Waals surface area contributed by atoms with Gasteiger partial charge in [-0.15, -0.1) is 0 Å². The van der Waals surface area contributed by atoms with Crippen LogP contribution in [0.25, 0.3) is 0 Å². The average Bonchev–Trinajstić information content (AvgIpc) is 2.57. The highest BCUT2D eigenvalue weighted by atomic mass is 35.5. The molecule has 0 bridgehead atoms. The third-order valence-electron chi connectivity index (χ3n) is 3.51. The molecule has 0 aromatic heterocycles. The predicted molar refractivity (Wildman–Crippen MR) is 92.6 cm³/mol. The number of hydrogen-bond donors (Lipinski definition) is 1. The molecule has 0 saturated carbocycles. The fraction of sp³-hybridized carbons (Fsp3) is 0.222. The van der Waals surface area contributed by atoms with Crippen molar-refractivity contribution >= 4 is 29.2 Å². The molecule has 132 valence electrons. The smallest absolute Gasteiger partial charge is 0.341 e. The van der Waals surface area contributed by atoms with Crippen LogP contribution in [0.15, 0.2) is 36.4 Å². The van der Waals surface area contributed by atoms with E-state index in [0.29, 0.717) is 10.7 Å². The highest BCUT2D eigenvalue weighted by Crippen LogP contribution is 2.21. The molecule has 0 spiro atoms. The second-order valence-corrected chi connectivity index (χ2v) is 5.78. The van der Waals surface area contributed by atoms with E-state index in [2.05, 4.69) is 5.32 Å². The third-order valence-corrected chi connectivity index (χ3v) is 3.74. The molecule has 1 amide bonds. The van der Waals surface area contributed by atoms with E-state index in [1.54, 1.807) is 25.1 Å². The van der Waals surface area contributed by atoms with Crippen molar-refractivity contribution in [1.29, 1.82) is 0 Å². The van der Waals surface area contributed by atoms with Crippen LogP contribution in [0.5, 0.6) is 5.75 Å². The molecule has 0 saturated heterocycles. The molecular weight excluding hydrogens is 349 g/mol. The molecule has 1 N–H and O–H groups in total. The number of benzene rings is 2. The zero-order chi connectivity index (χ0) is 18.6. The van der Waals surface area contributed by atoms with E-state index >= 15 is 0 Å². The average molecular weight is 366 g/mol. The standard InChI is InChI=1S/C18H17ClFNO4/c1-10-4-5-12(19)8-16(10)21-17(22)11(2)25-18(23)14-7-6-13(24-3)9-15(14)20/h4-9,11H,1-3H3,(H,21,22)/t11-/m1/s1. The van der Waals surface area contributed by atoms with Crippen molar-refractivity contribution in [3.63, 3.8) is 0 Å². The largest absolute Gasteiger partial charge is 0.497 e. The van der Waals surface area contributed by atoms with E-state index in [9.17, 15) is 14.0 Å². The lowest BCUT2D eigenvalue weighted by Gasteiger charge is -2.15. The van der Waals surface area contributed by atoms with Gasteiger partial charge in [0.05, 0.1) is 12.7 Å². The first-order valence-electron chi connectivity index (χ1n) is 7.43. The van der Waals surface area contributed by atoms with Gasteiger partial charge in [0.2, 0.25) is 0 Å². The Morgan fingerprint density at radius 2 is 1.92 bits per heavy atom. The molecule has 0 aliphatic heterocycles. The summed E-state index contributed by atoms with van der Waals surface area (Å²) in [5.41, 5.74) is 1.04. The van der Waals surface area contributed by atoms with Crippen molar-refractivity contribution in [3.05, 3.63) is 58.4 Å². The second kappa shape index (κ2) is 7.98. The number of methoxy groups -OCH3 is 1. The molecular formula is C18H17ClFNO4.